The molecule has 0 radical (unpaired) electrons. The maximum atomic E-state index is 3.48. The highest BCUT2D eigenvalue weighted by Gasteiger charge is 2.07. The fraction of sp³-hybridized carbons (Fsp3) is 0.818. The Morgan fingerprint density at radius 3 is 2.92 bits per heavy atom. The summed E-state index contributed by atoms with van der Waals surface area (Å²) in [6.07, 6.45) is 8.69. The Morgan fingerprint density at radius 1 is 1.50 bits per heavy atom. The van der Waals surface area contributed by atoms with Gasteiger partial charge in [0.05, 0.1) is 0 Å². The first-order chi connectivity index (χ1) is 5.79. The molecule has 1 N–H and O–H groups in total. The Labute approximate surface area is 76.2 Å². The molecular formula is C11H21N. The normalized spacial score (nSPS) is 22.4. The number of nitrogens with one attached hydrogen (secondary N) is 1. The summed E-state index contributed by atoms with van der Waals surface area (Å²) >= 11 is 0. The van der Waals surface area contributed by atoms with E-state index in [4.69, 9.17) is 0 Å². The first kappa shape index (κ1) is 9.79. The quantitative estimate of drug-likeness (QED) is 0.490. The Kier molecular flexibility index (Phi) is 4.37. The predicted octanol–water partition coefficient (Wildman–Crippen LogP) is 2.59. The first-order valence-electron chi connectivity index (χ1n) is 5.16. The molecule has 0 saturated heterocycles. The van der Waals surface area contributed by atoms with Crippen molar-refractivity contribution in [3.8, 4) is 0 Å². The Balaban J connectivity index is 1.91. The van der Waals surface area contributed by atoms with E-state index in [-0.39, 0.29) is 0 Å². The average Bonchev–Trinajstić information content (AvgIpc) is 2.49. The van der Waals surface area contributed by atoms with Crippen LogP contribution in [0.3, 0.4) is 0 Å². The third-order valence-corrected chi connectivity index (χ3v) is 2.36. The molecule has 1 aliphatic carbocycles. The molecule has 0 spiro atoms. The molecule has 1 atom stereocenters. The molecule has 0 heterocycles. The lowest BCUT2D eigenvalue weighted by Gasteiger charge is -2.09. The van der Waals surface area contributed by atoms with Crippen molar-refractivity contribution in [2.75, 3.05) is 13.1 Å². The van der Waals surface area contributed by atoms with E-state index in [2.05, 4.69) is 31.3 Å². The third-order valence-electron chi connectivity index (χ3n) is 2.36. The van der Waals surface area contributed by atoms with Gasteiger partial charge in [-0.05, 0) is 44.2 Å². The van der Waals surface area contributed by atoms with Crippen LogP contribution in [0.15, 0.2) is 12.2 Å². The van der Waals surface area contributed by atoms with Gasteiger partial charge in [0.15, 0.2) is 0 Å². The molecule has 0 aromatic rings. The van der Waals surface area contributed by atoms with Gasteiger partial charge in [0, 0.05) is 0 Å². The van der Waals surface area contributed by atoms with Crippen LogP contribution in [0, 0.1) is 11.8 Å². The second-order valence-electron chi connectivity index (χ2n) is 4.15. The lowest BCUT2D eigenvalue weighted by molar-refractivity contribution is 0.497. The van der Waals surface area contributed by atoms with Crippen molar-refractivity contribution >= 4 is 0 Å². The lowest BCUT2D eigenvalue weighted by atomic mass is 10.1. The van der Waals surface area contributed by atoms with Crippen molar-refractivity contribution in [2.24, 2.45) is 11.8 Å². The van der Waals surface area contributed by atoms with E-state index in [1.165, 1.54) is 25.8 Å². The summed E-state index contributed by atoms with van der Waals surface area (Å²) in [7, 11) is 0. The number of rotatable bonds is 5. The van der Waals surface area contributed by atoms with Crippen LogP contribution in [0.2, 0.25) is 0 Å². The van der Waals surface area contributed by atoms with Gasteiger partial charge in [-0.1, -0.05) is 26.0 Å². The number of allylic oxidation sites excluding steroid dienone is 2. The number of hydrogen-bond donors (Lipinski definition) is 1. The van der Waals surface area contributed by atoms with E-state index < -0.39 is 0 Å². The van der Waals surface area contributed by atoms with Crippen molar-refractivity contribution in [2.45, 2.75) is 33.1 Å². The number of hydrogen-bond acceptors (Lipinski definition) is 1. The second-order valence-corrected chi connectivity index (χ2v) is 4.15. The molecule has 0 aromatic carbocycles. The Bertz CT molecular complexity index is 138. The van der Waals surface area contributed by atoms with Gasteiger partial charge in [0.2, 0.25) is 0 Å². The molecule has 1 heteroatoms. The van der Waals surface area contributed by atoms with Crippen molar-refractivity contribution in [3.63, 3.8) is 0 Å². The predicted molar refractivity (Wildman–Crippen MR) is 54.2 cm³/mol. The Hall–Kier alpha value is -0.300. The van der Waals surface area contributed by atoms with Crippen LogP contribution in [0.4, 0.5) is 0 Å². The highest BCUT2D eigenvalue weighted by molar-refractivity contribution is 4.95. The van der Waals surface area contributed by atoms with E-state index in [9.17, 15) is 0 Å². The van der Waals surface area contributed by atoms with Crippen molar-refractivity contribution < 1.29 is 0 Å². The molecule has 0 fully saturated rings. The molecule has 0 aliphatic heterocycles. The van der Waals surface area contributed by atoms with E-state index in [0.29, 0.717) is 0 Å². The van der Waals surface area contributed by atoms with E-state index >= 15 is 0 Å². The summed E-state index contributed by atoms with van der Waals surface area (Å²) in [5, 5.41) is 3.48. The van der Waals surface area contributed by atoms with E-state index in [0.717, 1.165) is 18.4 Å². The first-order valence-corrected chi connectivity index (χ1v) is 5.16. The maximum Gasteiger partial charge on any atom is -0.00258 e. The maximum absolute atomic E-state index is 3.48. The van der Waals surface area contributed by atoms with Crippen molar-refractivity contribution in [3.05, 3.63) is 12.2 Å². The minimum atomic E-state index is 0.782. The lowest BCUT2D eigenvalue weighted by Crippen LogP contribution is -2.21. The van der Waals surface area contributed by atoms with Gasteiger partial charge in [0.1, 0.15) is 0 Å². The molecular weight excluding hydrogens is 146 g/mol. The average molecular weight is 167 g/mol. The third kappa shape index (κ3) is 3.91. The monoisotopic (exact) mass is 167 g/mol. The van der Waals surface area contributed by atoms with Crippen LogP contribution in [0.1, 0.15) is 33.1 Å². The van der Waals surface area contributed by atoms with Gasteiger partial charge in [0.25, 0.3) is 0 Å². The van der Waals surface area contributed by atoms with Gasteiger partial charge in [-0.25, -0.2) is 0 Å². The molecule has 1 rings (SSSR count). The minimum Gasteiger partial charge on any atom is -0.316 e. The zero-order valence-electron chi connectivity index (χ0n) is 8.34. The molecule has 0 saturated carbocycles. The SMILES string of the molecule is CC(C)CNCCC1C=CCC1. The topological polar surface area (TPSA) is 12.0 Å². The van der Waals surface area contributed by atoms with E-state index in [1.807, 2.05) is 0 Å². The molecule has 1 unspecified atom stereocenters. The van der Waals surface area contributed by atoms with Crippen LogP contribution in [-0.2, 0) is 0 Å². The van der Waals surface area contributed by atoms with Crippen LogP contribution >= 0.6 is 0 Å². The largest absolute Gasteiger partial charge is 0.316 e. The smallest absolute Gasteiger partial charge is 0.00258 e. The van der Waals surface area contributed by atoms with Crippen LogP contribution in [0.25, 0.3) is 0 Å². The van der Waals surface area contributed by atoms with Gasteiger partial charge < -0.3 is 5.32 Å². The summed E-state index contributed by atoms with van der Waals surface area (Å²) in [5.74, 6) is 1.65. The summed E-state index contributed by atoms with van der Waals surface area (Å²) in [6.45, 7) is 6.86. The minimum absolute atomic E-state index is 0.782. The van der Waals surface area contributed by atoms with Crippen LogP contribution < -0.4 is 5.32 Å². The fourth-order valence-corrected chi connectivity index (χ4v) is 1.61. The summed E-state index contributed by atoms with van der Waals surface area (Å²) in [6, 6.07) is 0. The highest BCUT2D eigenvalue weighted by Crippen LogP contribution is 2.19. The second kappa shape index (κ2) is 5.36. The molecule has 0 bridgehead atoms. The Morgan fingerprint density at radius 2 is 2.33 bits per heavy atom. The van der Waals surface area contributed by atoms with Gasteiger partial charge in [-0.15, -0.1) is 0 Å². The van der Waals surface area contributed by atoms with Gasteiger partial charge in [-0.2, -0.15) is 0 Å². The molecule has 0 amide bonds. The van der Waals surface area contributed by atoms with Gasteiger partial charge >= 0.3 is 0 Å². The molecule has 12 heavy (non-hydrogen) atoms. The van der Waals surface area contributed by atoms with Crippen molar-refractivity contribution in [1.82, 2.24) is 5.32 Å². The van der Waals surface area contributed by atoms with Gasteiger partial charge in [-0.3, -0.25) is 0 Å². The highest BCUT2D eigenvalue weighted by atomic mass is 14.8. The summed E-state index contributed by atoms with van der Waals surface area (Å²) < 4.78 is 0. The zero-order chi connectivity index (χ0) is 8.81. The van der Waals surface area contributed by atoms with E-state index in [1.54, 1.807) is 0 Å². The molecule has 70 valence electrons. The summed E-state index contributed by atoms with van der Waals surface area (Å²) in [4.78, 5) is 0. The fourth-order valence-electron chi connectivity index (χ4n) is 1.61. The molecule has 1 nitrogen and oxygen atoms in total. The molecule has 1 aliphatic rings. The summed E-state index contributed by atoms with van der Waals surface area (Å²) in [5.41, 5.74) is 0. The van der Waals surface area contributed by atoms with Crippen LogP contribution in [0.5, 0.6) is 0 Å². The van der Waals surface area contributed by atoms with Crippen molar-refractivity contribution in [1.29, 1.82) is 0 Å². The zero-order valence-corrected chi connectivity index (χ0v) is 8.34. The molecule has 0 aromatic heterocycles. The standard InChI is InChI=1S/C11H21N/c1-10(2)9-12-8-7-11-5-3-4-6-11/h3,5,10-12H,4,6-9H2,1-2H3. The van der Waals surface area contributed by atoms with Crippen LogP contribution in [-0.4, -0.2) is 13.1 Å².